The van der Waals surface area contributed by atoms with E-state index in [1.807, 2.05) is 20.8 Å². The van der Waals surface area contributed by atoms with Crippen molar-refractivity contribution >= 4 is 5.95 Å². The van der Waals surface area contributed by atoms with Crippen LogP contribution in [0.15, 0.2) is 0 Å². The van der Waals surface area contributed by atoms with Crippen LogP contribution in [0.2, 0.25) is 0 Å². The normalized spacial score (nSPS) is 29.7. The molecule has 0 saturated heterocycles. The lowest BCUT2D eigenvalue weighted by molar-refractivity contribution is -0.0236. The zero-order valence-electron chi connectivity index (χ0n) is 9.28. The van der Waals surface area contributed by atoms with Crippen LogP contribution in [0.1, 0.15) is 31.2 Å². The fourth-order valence-electron chi connectivity index (χ4n) is 1.80. The van der Waals surface area contributed by atoms with Gasteiger partial charge in [-0.3, -0.25) is 0 Å². The number of nitrogens with one attached hydrogen (secondary N) is 1. The summed E-state index contributed by atoms with van der Waals surface area (Å²) < 4.78 is 0. The molecule has 1 aromatic heterocycles. The molecule has 0 bridgehead atoms. The zero-order chi connectivity index (χ0) is 11.1. The van der Waals surface area contributed by atoms with Gasteiger partial charge in [-0.05, 0) is 33.6 Å². The number of rotatable bonds is 2. The molecule has 0 aliphatic heterocycles. The highest BCUT2D eigenvalue weighted by atomic mass is 16.3. The second kappa shape index (κ2) is 3.41. The minimum atomic E-state index is -0.523. The maximum Gasteiger partial charge on any atom is 0.243 e. The molecule has 2 N–H and O–H groups in total. The number of anilines is 1. The first-order valence-electron chi connectivity index (χ1n) is 5.13. The van der Waals surface area contributed by atoms with Crippen LogP contribution in [0.4, 0.5) is 5.95 Å². The maximum atomic E-state index is 9.56. The summed E-state index contributed by atoms with van der Waals surface area (Å²) in [5.74, 6) is 0.554. The monoisotopic (exact) mass is 208 g/mol. The quantitative estimate of drug-likeness (QED) is 0.752. The Labute approximate surface area is 89.0 Å². The van der Waals surface area contributed by atoms with Crippen LogP contribution in [-0.2, 0) is 0 Å². The second-order valence-electron chi connectivity index (χ2n) is 4.55. The first-order valence-corrected chi connectivity index (χ1v) is 5.13. The van der Waals surface area contributed by atoms with Gasteiger partial charge in [0.1, 0.15) is 0 Å². The van der Waals surface area contributed by atoms with Crippen LogP contribution in [0.5, 0.6) is 0 Å². The Balaban J connectivity index is 1.98. The minimum absolute atomic E-state index is 0.268. The molecule has 0 amide bonds. The molecule has 0 radical (unpaired) electrons. The van der Waals surface area contributed by atoms with Gasteiger partial charge in [-0.25, -0.2) is 4.98 Å². The Morgan fingerprint density at radius 3 is 2.47 bits per heavy atom. The van der Waals surface area contributed by atoms with Gasteiger partial charge in [-0.2, -0.15) is 5.10 Å². The Bertz CT molecular complexity index is 370. The summed E-state index contributed by atoms with van der Waals surface area (Å²) >= 11 is 0. The van der Waals surface area contributed by atoms with E-state index in [9.17, 15) is 5.11 Å². The topological polar surface area (TPSA) is 70.9 Å². The van der Waals surface area contributed by atoms with E-state index in [0.29, 0.717) is 5.95 Å². The highest BCUT2D eigenvalue weighted by molar-refractivity contribution is 5.28. The lowest BCUT2D eigenvalue weighted by Crippen LogP contribution is -2.48. The zero-order valence-corrected chi connectivity index (χ0v) is 9.28. The Hall–Kier alpha value is -1.23. The van der Waals surface area contributed by atoms with Gasteiger partial charge in [0.2, 0.25) is 5.95 Å². The largest absolute Gasteiger partial charge is 0.390 e. The number of aliphatic hydroxyl groups is 1. The average molecular weight is 208 g/mol. The van der Waals surface area contributed by atoms with E-state index in [1.54, 1.807) is 0 Å². The van der Waals surface area contributed by atoms with E-state index in [4.69, 9.17) is 0 Å². The molecule has 1 fully saturated rings. The molecule has 5 heteroatoms. The molecule has 0 unspecified atom stereocenters. The summed E-state index contributed by atoms with van der Waals surface area (Å²) in [4.78, 5) is 4.28. The van der Waals surface area contributed by atoms with Crippen molar-refractivity contribution in [2.75, 3.05) is 5.32 Å². The van der Waals surface area contributed by atoms with Crippen LogP contribution in [0.25, 0.3) is 0 Å². The summed E-state index contributed by atoms with van der Waals surface area (Å²) in [5, 5.41) is 20.7. The molecule has 0 atom stereocenters. The van der Waals surface area contributed by atoms with Crippen LogP contribution in [0.3, 0.4) is 0 Å². The number of aromatic nitrogens is 3. The highest BCUT2D eigenvalue weighted by Crippen LogP contribution is 2.32. The van der Waals surface area contributed by atoms with Crippen molar-refractivity contribution in [3.63, 3.8) is 0 Å². The molecule has 1 aliphatic rings. The SMILES string of the molecule is Cc1nnc(NC2CC(C)(O)C2)nc1C. The van der Waals surface area contributed by atoms with E-state index in [-0.39, 0.29) is 6.04 Å². The summed E-state index contributed by atoms with van der Waals surface area (Å²) in [6, 6.07) is 0.268. The highest BCUT2D eigenvalue weighted by Gasteiger charge is 2.38. The van der Waals surface area contributed by atoms with Crippen molar-refractivity contribution in [3.05, 3.63) is 11.4 Å². The van der Waals surface area contributed by atoms with E-state index < -0.39 is 5.60 Å². The first kappa shape index (κ1) is 10.3. The predicted molar refractivity (Wildman–Crippen MR) is 56.6 cm³/mol. The third kappa shape index (κ3) is 2.23. The smallest absolute Gasteiger partial charge is 0.243 e. The van der Waals surface area contributed by atoms with Crippen molar-refractivity contribution < 1.29 is 5.11 Å². The molecule has 1 saturated carbocycles. The van der Waals surface area contributed by atoms with Gasteiger partial charge in [0.25, 0.3) is 0 Å². The van der Waals surface area contributed by atoms with Crippen molar-refractivity contribution in [2.45, 2.75) is 45.3 Å². The molecule has 1 aliphatic carbocycles. The standard InChI is InChI=1S/C10H16N4O/c1-6-7(2)13-14-9(11-6)12-8-4-10(3,15)5-8/h8,15H,4-5H2,1-3H3,(H,11,12,14). The van der Waals surface area contributed by atoms with Crippen molar-refractivity contribution in [1.82, 2.24) is 15.2 Å². The molecule has 1 heterocycles. The molecule has 5 nitrogen and oxygen atoms in total. The fourth-order valence-corrected chi connectivity index (χ4v) is 1.80. The lowest BCUT2D eigenvalue weighted by Gasteiger charge is -2.41. The molecular formula is C10H16N4O. The van der Waals surface area contributed by atoms with Gasteiger partial charge < -0.3 is 10.4 Å². The van der Waals surface area contributed by atoms with Crippen molar-refractivity contribution in [1.29, 1.82) is 0 Å². The Morgan fingerprint density at radius 1 is 1.27 bits per heavy atom. The van der Waals surface area contributed by atoms with E-state index in [0.717, 1.165) is 24.2 Å². The van der Waals surface area contributed by atoms with Gasteiger partial charge in [0.15, 0.2) is 0 Å². The third-order valence-corrected chi connectivity index (χ3v) is 2.80. The average Bonchev–Trinajstić information content (AvgIpc) is 2.08. The van der Waals surface area contributed by atoms with E-state index in [1.165, 1.54) is 0 Å². The first-order chi connectivity index (χ1) is 6.96. The Morgan fingerprint density at radius 2 is 1.93 bits per heavy atom. The van der Waals surface area contributed by atoms with Gasteiger partial charge in [-0.1, -0.05) is 0 Å². The van der Waals surface area contributed by atoms with Crippen LogP contribution >= 0.6 is 0 Å². The van der Waals surface area contributed by atoms with Gasteiger partial charge in [0.05, 0.1) is 17.0 Å². The molecular weight excluding hydrogens is 192 g/mol. The van der Waals surface area contributed by atoms with Gasteiger partial charge >= 0.3 is 0 Å². The second-order valence-corrected chi connectivity index (χ2v) is 4.55. The number of hydrogen-bond acceptors (Lipinski definition) is 5. The summed E-state index contributed by atoms with van der Waals surface area (Å²) in [6.07, 6.45) is 1.48. The molecule has 2 rings (SSSR count). The Kier molecular flexibility index (Phi) is 2.34. The van der Waals surface area contributed by atoms with Gasteiger partial charge in [-0.15, -0.1) is 5.10 Å². The molecule has 15 heavy (non-hydrogen) atoms. The number of aryl methyl sites for hydroxylation is 2. The van der Waals surface area contributed by atoms with E-state index in [2.05, 4.69) is 20.5 Å². The fraction of sp³-hybridized carbons (Fsp3) is 0.700. The summed E-state index contributed by atoms with van der Waals surface area (Å²) in [6.45, 7) is 5.63. The van der Waals surface area contributed by atoms with Crippen LogP contribution in [0, 0.1) is 13.8 Å². The van der Waals surface area contributed by atoms with Crippen LogP contribution < -0.4 is 5.32 Å². The predicted octanol–water partition coefficient (Wildman–Crippen LogP) is 0.814. The lowest BCUT2D eigenvalue weighted by atomic mass is 9.77. The number of nitrogens with zero attached hydrogens (tertiary/aromatic N) is 3. The molecule has 82 valence electrons. The summed E-state index contributed by atoms with van der Waals surface area (Å²) in [5.41, 5.74) is 1.21. The van der Waals surface area contributed by atoms with Crippen molar-refractivity contribution in [3.8, 4) is 0 Å². The van der Waals surface area contributed by atoms with Crippen molar-refractivity contribution in [2.24, 2.45) is 0 Å². The van der Waals surface area contributed by atoms with Crippen LogP contribution in [-0.4, -0.2) is 31.9 Å². The molecule has 1 aromatic rings. The third-order valence-electron chi connectivity index (χ3n) is 2.80. The minimum Gasteiger partial charge on any atom is -0.390 e. The van der Waals surface area contributed by atoms with E-state index >= 15 is 0 Å². The number of hydrogen-bond donors (Lipinski definition) is 2. The molecule has 0 aromatic carbocycles. The summed E-state index contributed by atoms with van der Waals surface area (Å²) in [7, 11) is 0. The molecule has 0 spiro atoms. The van der Waals surface area contributed by atoms with Gasteiger partial charge in [0, 0.05) is 6.04 Å². The maximum absolute atomic E-state index is 9.56.